The van der Waals surface area contributed by atoms with Crippen LogP contribution in [0.1, 0.15) is 32.1 Å². The number of fused-ring (bicyclic) bond motifs is 3. The van der Waals surface area contributed by atoms with Crippen LogP contribution in [0.3, 0.4) is 0 Å². The fraction of sp³-hybridized carbons (Fsp3) is 0.611. The smallest absolute Gasteiger partial charge is 0.245 e. The number of benzene rings is 1. The largest absolute Gasteiger partial charge is 0.354 e. The number of para-hydroxylation sites is 1. The van der Waals surface area contributed by atoms with Crippen LogP contribution in [0, 0.1) is 0 Å². The van der Waals surface area contributed by atoms with E-state index in [9.17, 15) is 13.2 Å². The van der Waals surface area contributed by atoms with Crippen molar-refractivity contribution in [2.75, 3.05) is 31.6 Å². The lowest BCUT2D eigenvalue weighted by atomic mass is 10.1. The number of likely N-dealkylation sites (N-methyl/N-ethyl adjacent to an activating group) is 1. The minimum absolute atomic E-state index is 0.0576. The van der Waals surface area contributed by atoms with Gasteiger partial charge in [-0.3, -0.25) is 4.79 Å². The third-order valence-corrected chi connectivity index (χ3v) is 7.63. The molecule has 0 aliphatic carbocycles. The summed E-state index contributed by atoms with van der Waals surface area (Å²) in [5, 5.41) is 0. The molecule has 0 radical (unpaired) electrons. The van der Waals surface area contributed by atoms with Crippen LogP contribution in [0.25, 0.3) is 0 Å². The summed E-state index contributed by atoms with van der Waals surface area (Å²) in [5.74, 6) is 0.166. The molecular formula is C18H25N3O3S. The Bertz CT molecular complexity index is 774. The van der Waals surface area contributed by atoms with Crippen molar-refractivity contribution in [2.45, 2.75) is 49.1 Å². The summed E-state index contributed by atoms with van der Waals surface area (Å²) < 4.78 is 27.1. The zero-order valence-electron chi connectivity index (χ0n) is 14.6. The molecular weight excluding hydrogens is 338 g/mol. The Balaban J connectivity index is 1.74. The van der Waals surface area contributed by atoms with E-state index in [0.29, 0.717) is 17.1 Å². The highest BCUT2D eigenvalue weighted by Crippen LogP contribution is 2.39. The topological polar surface area (TPSA) is 60.9 Å². The fourth-order valence-corrected chi connectivity index (χ4v) is 5.84. The van der Waals surface area contributed by atoms with Crippen LogP contribution >= 0.6 is 0 Å². The molecule has 0 bridgehead atoms. The van der Waals surface area contributed by atoms with E-state index in [1.165, 1.54) is 10.7 Å². The Labute approximate surface area is 149 Å². The van der Waals surface area contributed by atoms with E-state index >= 15 is 0 Å². The first-order valence-electron chi connectivity index (χ1n) is 9.12. The molecule has 1 amide bonds. The lowest BCUT2D eigenvalue weighted by Crippen LogP contribution is -2.50. The van der Waals surface area contributed by atoms with Gasteiger partial charge in [-0.05, 0) is 44.2 Å². The van der Waals surface area contributed by atoms with Crippen LogP contribution in [-0.2, 0) is 14.8 Å². The third-order valence-electron chi connectivity index (χ3n) is 5.75. The summed E-state index contributed by atoms with van der Waals surface area (Å²) >= 11 is 0. The minimum atomic E-state index is -3.51. The molecule has 2 saturated heterocycles. The number of hydrogen-bond acceptors (Lipinski definition) is 4. The highest BCUT2D eigenvalue weighted by atomic mass is 32.2. The molecule has 7 heteroatoms. The average molecular weight is 363 g/mol. The molecule has 3 aliphatic rings. The molecule has 25 heavy (non-hydrogen) atoms. The van der Waals surface area contributed by atoms with Gasteiger partial charge < -0.3 is 9.80 Å². The summed E-state index contributed by atoms with van der Waals surface area (Å²) in [6.07, 6.45) is 4.96. The number of sulfonamides is 1. The fourth-order valence-electron chi connectivity index (χ4n) is 4.45. The summed E-state index contributed by atoms with van der Waals surface area (Å²) in [6, 6.07) is 6.93. The summed E-state index contributed by atoms with van der Waals surface area (Å²) in [4.78, 5) is 17.5. The molecule has 0 unspecified atom stereocenters. The van der Waals surface area contributed by atoms with E-state index in [1.54, 1.807) is 19.2 Å². The van der Waals surface area contributed by atoms with Gasteiger partial charge in [0.1, 0.15) is 10.9 Å². The maximum Gasteiger partial charge on any atom is 0.245 e. The molecule has 1 aromatic rings. The molecule has 3 heterocycles. The number of likely N-dealkylation sites (tertiary alicyclic amines) is 1. The number of carbonyl (C=O) groups excluding carboxylic acids is 1. The van der Waals surface area contributed by atoms with Gasteiger partial charge in [0.2, 0.25) is 15.9 Å². The van der Waals surface area contributed by atoms with E-state index in [4.69, 9.17) is 0 Å². The molecule has 0 spiro atoms. The van der Waals surface area contributed by atoms with Crippen molar-refractivity contribution in [1.82, 2.24) is 9.21 Å². The van der Waals surface area contributed by atoms with Crippen molar-refractivity contribution in [2.24, 2.45) is 0 Å². The van der Waals surface area contributed by atoms with Crippen molar-refractivity contribution < 1.29 is 13.2 Å². The van der Waals surface area contributed by atoms with Crippen molar-refractivity contribution >= 4 is 21.6 Å². The zero-order chi connectivity index (χ0) is 17.6. The number of nitrogens with zero attached hydrogens (tertiary/aromatic N) is 3. The van der Waals surface area contributed by atoms with E-state index in [1.807, 2.05) is 17.0 Å². The van der Waals surface area contributed by atoms with Crippen molar-refractivity contribution in [3.63, 3.8) is 0 Å². The first-order chi connectivity index (χ1) is 12.0. The number of hydrogen-bond donors (Lipinski definition) is 0. The Morgan fingerprint density at radius 2 is 1.80 bits per heavy atom. The standard InChI is InChI=1S/C18H25N3O3S/c1-19-13-14-9-10-16(18(22)20-11-5-2-6-12-20)21(14)15-7-3-4-8-17(15)25(19,23)24/h3-4,7-8,14,16H,2,5-6,9-13H2,1H3/t14-,16+/m0/s1. The number of carbonyl (C=O) groups is 1. The van der Waals surface area contributed by atoms with E-state index < -0.39 is 10.0 Å². The van der Waals surface area contributed by atoms with Gasteiger partial charge in [-0.2, -0.15) is 4.31 Å². The quantitative estimate of drug-likeness (QED) is 0.762. The van der Waals surface area contributed by atoms with Gasteiger partial charge in [0, 0.05) is 32.7 Å². The van der Waals surface area contributed by atoms with E-state index in [2.05, 4.69) is 4.90 Å². The number of amides is 1. The summed E-state index contributed by atoms with van der Waals surface area (Å²) in [5.41, 5.74) is 0.685. The van der Waals surface area contributed by atoms with Crippen LogP contribution in [0.15, 0.2) is 29.2 Å². The second kappa shape index (κ2) is 6.29. The second-order valence-corrected chi connectivity index (χ2v) is 9.31. The minimum Gasteiger partial charge on any atom is -0.354 e. The van der Waals surface area contributed by atoms with Gasteiger partial charge in [0.15, 0.2) is 0 Å². The SMILES string of the molecule is CN1C[C@@H]2CC[C@H](C(=O)N3CCCCC3)N2c2ccccc2S1(=O)=O. The number of rotatable bonds is 1. The van der Waals surface area contributed by atoms with Crippen LogP contribution in [-0.4, -0.2) is 62.3 Å². The summed E-state index contributed by atoms with van der Waals surface area (Å²) in [7, 11) is -1.87. The first kappa shape index (κ1) is 16.8. The molecule has 136 valence electrons. The van der Waals surface area contributed by atoms with Crippen molar-refractivity contribution in [3.05, 3.63) is 24.3 Å². The molecule has 0 aromatic heterocycles. The van der Waals surface area contributed by atoms with Crippen LogP contribution < -0.4 is 4.90 Å². The maximum atomic E-state index is 13.1. The molecule has 6 nitrogen and oxygen atoms in total. The molecule has 2 atom stereocenters. The lowest BCUT2D eigenvalue weighted by Gasteiger charge is -2.35. The lowest BCUT2D eigenvalue weighted by molar-refractivity contribution is -0.133. The normalized spacial score (nSPS) is 29.0. The number of piperidine rings is 1. The van der Waals surface area contributed by atoms with Gasteiger partial charge in [-0.15, -0.1) is 0 Å². The van der Waals surface area contributed by atoms with Gasteiger partial charge in [0.05, 0.1) is 5.69 Å². The predicted molar refractivity (Wildman–Crippen MR) is 96.0 cm³/mol. The van der Waals surface area contributed by atoms with E-state index in [0.717, 1.165) is 38.8 Å². The first-order valence-corrected chi connectivity index (χ1v) is 10.6. The van der Waals surface area contributed by atoms with E-state index in [-0.39, 0.29) is 18.0 Å². The monoisotopic (exact) mass is 363 g/mol. The predicted octanol–water partition coefficient (Wildman–Crippen LogP) is 1.67. The van der Waals surface area contributed by atoms with Gasteiger partial charge in [-0.1, -0.05) is 12.1 Å². The zero-order valence-corrected chi connectivity index (χ0v) is 15.4. The Morgan fingerprint density at radius 3 is 2.56 bits per heavy atom. The Hall–Kier alpha value is -1.60. The maximum absolute atomic E-state index is 13.1. The van der Waals surface area contributed by atoms with Crippen molar-refractivity contribution in [1.29, 1.82) is 0 Å². The molecule has 1 aromatic carbocycles. The van der Waals surface area contributed by atoms with Gasteiger partial charge in [0.25, 0.3) is 0 Å². The second-order valence-electron chi connectivity index (χ2n) is 7.29. The average Bonchev–Trinajstić information content (AvgIpc) is 3.01. The molecule has 0 saturated carbocycles. The summed E-state index contributed by atoms with van der Waals surface area (Å²) in [6.45, 7) is 2.09. The molecule has 2 fully saturated rings. The molecule has 0 N–H and O–H groups in total. The Morgan fingerprint density at radius 1 is 1.08 bits per heavy atom. The Kier molecular flexibility index (Phi) is 4.24. The molecule has 3 aliphatic heterocycles. The van der Waals surface area contributed by atoms with Gasteiger partial charge in [-0.25, -0.2) is 8.42 Å². The molecule has 4 rings (SSSR count). The van der Waals surface area contributed by atoms with Crippen LogP contribution in [0.2, 0.25) is 0 Å². The highest BCUT2D eigenvalue weighted by molar-refractivity contribution is 7.89. The highest BCUT2D eigenvalue weighted by Gasteiger charge is 2.45. The van der Waals surface area contributed by atoms with Crippen LogP contribution in [0.5, 0.6) is 0 Å². The van der Waals surface area contributed by atoms with Crippen LogP contribution in [0.4, 0.5) is 5.69 Å². The van der Waals surface area contributed by atoms with Gasteiger partial charge >= 0.3 is 0 Å². The van der Waals surface area contributed by atoms with Crippen molar-refractivity contribution in [3.8, 4) is 0 Å². The third kappa shape index (κ3) is 2.73. The number of anilines is 1.